The largest absolute Gasteiger partial charge is 0.381 e. The Morgan fingerprint density at radius 2 is 2.40 bits per heavy atom. The predicted octanol–water partition coefficient (Wildman–Crippen LogP) is 4.68. The molecule has 0 amide bonds. The van der Waals surface area contributed by atoms with Crippen molar-refractivity contribution in [3.8, 4) is 0 Å². The number of aryl methyl sites for hydroxylation is 1. The molecule has 1 fully saturated rings. The first-order valence-corrected chi connectivity index (χ1v) is 7.68. The smallest absolute Gasteiger partial charge is 0.0704 e. The summed E-state index contributed by atoms with van der Waals surface area (Å²) in [7, 11) is 0. The van der Waals surface area contributed by atoms with Crippen molar-refractivity contribution in [3.63, 3.8) is 0 Å². The fourth-order valence-electron chi connectivity index (χ4n) is 1.98. The number of thiophene rings is 1. The minimum atomic E-state index is 0.445. The molecule has 2 atom stereocenters. The lowest BCUT2D eigenvalue weighted by Gasteiger charge is -2.26. The van der Waals surface area contributed by atoms with Crippen molar-refractivity contribution in [1.82, 2.24) is 0 Å². The molecule has 1 aromatic heterocycles. The maximum atomic E-state index is 5.53. The normalized spacial score (nSPS) is 24.1. The van der Waals surface area contributed by atoms with Crippen molar-refractivity contribution in [2.45, 2.75) is 24.6 Å². The van der Waals surface area contributed by atoms with Crippen LogP contribution >= 0.6 is 43.2 Å². The first-order chi connectivity index (χ1) is 7.18. The van der Waals surface area contributed by atoms with Crippen LogP contribution in [-0.4, -0.2) is 13.2 Å². The van der Waals surface area contributed by atoms with Crippen LogP contribution in [0.5, 0.6) is 0 Å². The first-order valence-electron chi connectivity index (χ1n) is 5.16. The van der Waals surface area contributed by atoms with E-state index in [-0.39, 0.29) is 0 Å². The van der Waals surface area contributed by atoms with Crippen LogP contribution in [0.1, 0.15) is 28.1 Å². The lowest BCUT2D eigenvalue weighted by molar-refractivity contribution is 0.0546. The summed E-state index contributed by atoms with van der Waals surface area (Å²) in [5, 5.41) is 0. The Morgan fingerprint density at radius 1 is 1.60 bits per heavy atom. The molecule has 84 valence electrons. The Balaban J connectivity index is 2.12. The number of ether oxygens (including phenoxy) is 1. The van der Waals surface area contributed by atoms with Gasteiger partial charge in [0.1, 0.15) is 0 Å². The monoisotopic (exact) mass is 352 g/mol. The third-order valence-electron chi connectivity index (χ3n) is 2.83. The minimum Gasteiger partial charge on any atom is -0.381 e. The van der Waals surface area contributed by atoms with Crippen LogP contribution in [0, 0.1) is 12.8 Å². The van der Waals surface area contributed by atoms with Crippen LogP contribution < -0.4 is 0 Å². The van der Waals surface area contributed by atoms with Gasteiger partial charge in [0.2, 0.25) is 0 Å². The van der Waals surface area contributed by atoms with Gasteiger partial charge < -0.3 is 4.74 Å². The lowest BCUT2D eigenvalue weighted by atomic mass is 9.94. The molecule has 1 nitrogen and oxygen atoms in total. The number of halogens is 2. The Bertz CT molecular complexity index is 331. The topological polar surface area (TPSA) is 9.23 Å². The molecule has 0 bridgehead atoms. The third kappa shape index (κ3) is 2.84. The molecule has 2 unspecified atom stereocenters. The predicted molar refractivity (Wildman–Crippen MR) is 72.0 cm³/mol. The van der Waals surface area contributed by atoms with Crippen molar-refractivity contribution in [1.29, 1.82) is 0 Å². The second-order valence-electron chi connectivity index (χ2n) is 3.94. The molecule has 1 aliphatic rings. The quantitative estimate of drug-likeness (QED) is 0.701. The third-order valence-corrected chi connectivity index (χ3v) is 5.64. The van der Waals surface area contributed by atoms with E-state index in [0.717, 1.165) is 13.2 Å². The molecule has 0 radical (unpaired) electrons. The maximum Gasteiger partial charge on any atom is 0.0704 e. The highest BCUT2D eigenvalue weighted by Crippen LogP contribution is 2.41. The van der Waals surface area contributed by atoms with E-state index in [1.54, 1.807) is 0 Å². The first kappa shape index (κ1) is 12.1. The molecule has 0 aliphatic carbocycles. The summed E-state index contributed by atoms with van der Waals surface area (Å²) in [6, 6.07) is 2.23. The SMILES string of the molecule is Cc1sc(Br)cc1C(Br)C1CCCOC1. The number of hydrogen-bond acceptors (Lipinski definition) is 2. The van der Waals surface area contributed by atoms with Crippen molar-refractivity contribution >= 4 is 43.2 Å². The van der Waals surface area contributed by atoms with Crippen molar-refractivity contribution in [2.75, 3.05) is 13.2 Å². The lowest BCUT2D eigenvalue weighted by Crippen LogP contribution is -2.21. The molecule has 4 heteroatoms. The Kier molecular flexibility index (Phi) is 4.27. The van der Waals surface area contributed by atoms with Crippen LogP contribution in [0.25, 0.3) is 0 Å². The molecule has 0 N–H and O–H groups in total. The highest BCUT2D eigenvalue weighted by atomic mass is 79.9. The summed E-state index contributed by atoms with van der Waals surface area (Å²) < 4.78 is 6.75. The molecule has 1 saturated heterocycles. The van der Waals surface area contributed by atoms with Gasteiger partial charge in [0.25, 0.3) is 0 Å². The summed E-state index contributed by atoms with van der Waals surface area (Å²) in [5.74, 6) is 0.624. The van der Waals surface area contributed by atoms with Gasteiger partial charge in [0.15, 0.2) is 0 Å². The van der Waals surface area contributed by atoms with Crippen LogP contribution in [0.15, 0.2) is 9.85 Å². The Hall–Kier alpha value is 0.620. The summed E-state index contributed by atoms with van der Waals surface area (Å²) >= 11 is 9.17. The van der Waals surface area contributed by atoms with Crippen LogP contribution in [-0.2, 0) is 4.74 Å². The van der Waals surface area contributed by atoms with Gasteiger partial charge in [-0.1, -0.05) is 15.9 Å². The molecule has 0 spiro atoms. The van der Waals surface area contributed by atoms with E-state index in [1.807, 2.05) is 11.3 Å². The molecule has 1 aliphatic heterocycles. The van der Waals surface area contributed by atoms with E-state index in [4.69, 9.17) is 4.74 Å². The summed E-state index contributed by atoms with van der Waals surface area (Å²) in [6.07, 6.45) is 2.46. The van der Waals surface area contributed by atoms with Gasteiger partial charge in [0.05, 0.1) is 10.4 Å². The minimum absolute atomic E-state index is 0.445. The molecular formula is C11H14Br2OS. The molecule has 15 heavy (non-hydrogen) atoms. The Morgan fingerprint density at radius 3 is 2.93 bits per heavy atom. The van der Waals surface area contributed by atoms with Gasteiger partial charge >= 0.3 is 0 Å². The van der Waals surface area contributed by atoms with E-state index >= 15 is 0 Å². The highest BCUT2D eigenvalue weighted by Gasteiger charge is 2.25. The zero-order valence-corrected chi connectivity index (χ0v) is 12.6. The van der Waals surface area contributed by atoms with Gasteiger partial charge in [-0.2, -0.15) is 0 Å². The number of hydrogen-bond donors (Lipinski definition) is 0. The number of alkyl halides is 1. The van der Waals surface area contributed by atoms with E-state index in [1.165, 1.54) is 27.1 Å². The van der Waals surface area contributed by atoms with Crippen molar-refractivity contribution in [2.24, 2.45) is 5.92 Å². The fourth-order valence-corrected chi connectivity index (χ4v) is 4.78. The molecule has 2 heterocycles. The van der Waals surface area contributed by atoms with Gasteiger partial charge in [-0.25, -0.2) is 0 Å². The van der Waals surface area contributed by atoms with Crippen molar-refractivity contribution < 1.29 is 4.74 Å². The average molecular weight is 354 g/mol. The van der Waals surface area contributed by atoms with E-state index in [9.17, 15) is 0 Å². The second kappa shape index (κ2) is 5.30. The standard InChI is InChI=1S/C11H14Br2OS/c1-7-9(5-10(12)15-7)11(13)8-3-2-4-14-6-8/h5,8,11H,2-4,6H2,1H3. The van der Waals surface area contributed by atoms with Gasteiger partial charge in [-0.05, 0) is 53.2 Å². The molecule has 2 rings (SSSR count). The van der Waals surface area contributed by atoms with Crippen LogP contribution in [0.4, 0.5) is 0 Å². The molecular weight excluding hydrogens is 340 g/mol. The molecule has 0 saturated carbocycles. The van der Waals surface area contributed by atoms with E-state index < -0.39 is 0 Å². The zero-order chi connectivity index (χ0) is 10.8. The summed E-state index contributed by atoms with van der Waals surface area (Å²) in [6.45, 7) is 4.01. The van der Waals surface area contributed by atoms with E-state index in [0.29, 0.717) is 10.7 Å². The average Bonchev–Trinajstić information content (AvgIpc) is 2.58. The maximum absolute atomic E-state index is 5.53. The Labute approximate surface area is 111 Å². The van der Waals surface area contributed by atoms with E-state index in [2.05, 4.69) is 44.8 Å². The zero-order valence-electron chi connectivity index (χ0n) is 8.63. The van der Waals surface area contributed by atoms with Crippen LogP contribution in [0.3, 0.4) is 0 Å². The summed E-state index contributed by atoms with van der Waals surface area (Å²) in [5.41, 5.74) is 1.42. The summed E-state index contributed by atoms with van der Waals surface area (Å²) in [4.78, 5) is 1.84. The number of rotatable bonds is 2. The second-order valence-corrected chi connectivity index (χ2v) is 7.56. The van der Waals surface area contributed by atoms with Gasteiger partial charge in [-0.15, -0.1) is 11.3 Å². The fraction of sp³-hybridized carbons (Fsp3) is 0.636. The van der Waals surface area contributed by atoms with Gasteiger partial charge in [-0.3, -0.25) is 0 Å². The van der Waals surface area contributed by atoms with Gasteiger partial charge in [0, 0.05) is 16.3 Å². The highest BCUT2D eigenvalue weighted by molar-refractivity contribution is 9.11. The van der Waals surface area contributed by atoms with Crippen LogP contribution in [0.2, 0.25) is 0 Å². The van der Waals surface area contributed by atoms with Crippen molar-refractivity contribution in [3.05, 3.63) is 20.3 Å². The molecule has 1 aromatic rings. The molecule has 0 aromatic carbocycles.